The molecule has 0 spiro atoms. The van der Waals surface area contributed by atoms with E-state index in [1.165, 1.54) is 5.56 Å². The summed E-state index contributed by atoms with van der Waals surface area (Å²) in [6.45, 7) is 5.74. The Kier molecular flexibility index (Phi) is 4.04. The maximum absolute atomic E-state index is 10.0. The SMILES string of the molecule is Cc1noc(C)c1[C@H]1CCCN1Cc1cc(Br)ccc1O. The first-order chi connectivity index (χ1) is 10.1. The van der Waals surface area contributed by atoms with E-state index in [0.29, 0.717) is 11.8 Å². The Bertz CT molecular complexity index is 634. The van der Waals surface area contributed by atoms with Crippen LogP contribution in [0.1, 0.15) is 41.5 Å². The van der Waals surface area contributed by atoms with Crippen LogP contribution in [0.2, 0.25) is 0 Å². The summed E-state index contributed by atoms with van der Waals surface area (Å²) in [7, 11) is 0. The van der Waals surface area contributed by atoms with Gasteiger partial charge in [0.1, 0.15) is 11.5 Å². The van der Waals surface area contributed by atoms with Crippen molar-refractivity contribution in [1.82, 2.24) is 10.1 Å². The van der Waals surface area contributed by atoms with Crippen molar-refractivity contribution in [2.45, 2.75) is 39.3 Å². The monoisotopic (exact) mass is 350 g/mol. The second-order valence-electron chi connectivity index (χ2n) is 5.64. The van der Waals surface area contributed by atoms with Gasteiger partial charge in [-0.05, 0) is 51.4 Å². The topological polar surface area (TPSA) is 49.5 Å². The molecule has 5 heteroatoms. The van der Waals surface area contributed by atoms with Gasteiger partial charge >= 0.3 is 0 Å². The predicted octanol–water partition coefficient (Wildman–Crippen LogP) is 4.10. The molecule has 0 unspecified atom stereocenters. The summed E-state index contributed by atoms with van der Waals surface area (Å²) in [6.07, 6.45) is 2.27. The summed E-state index contributed by atoms with van der Waals surface area (Å²) in [5.41, 5.74) is 3.13. The summed E-state index contributed by atoms with van der Waals surface area (Å²) >= 11 is 3.47. The molecule has 1 aliphatic rings. The maximum Gasteiger partial charge on any atom is 0.138 e. The van der Waals surface area contributed by atoms with E-state index in [0.717, 1.165) is 47.4 Å². The highest BCUT2D eigenvalue weighted by molar-refractivity contribution is 9.10. The fourth-order valence-electron chi connectivity index (χ4n) is 3.21. The van der Waals surface area contributed by atoms with Gasteiger partial charge in [0, 0.05) is 28.2 Å². The summed E-state index contributed by atoms with van der Waals surface area (Å²) in [5.74, 6) is 1.26. The number of nitrogens with zero attached hydrogens (tertiary/aromatic N) is 2. The standard InChI is InChI=1S/C16H19BrN2O2/c1-10-16(11(2)21-18-10)14-4-3-7-19(14)9-12-8-13(17)5-6-15(12)20/h5-6,8,14,20H,3-4,7,9H2,1-2H3/t14-/m1/s1. The Hall–Kier alpha value is -1.33. The molecule has 2 heterocycles. The summed E-state index contributed by atoms with van der Waals surface area (Å²) < 4.78 is 6.30. The molecule has 1 saturated heterocycles. The highest BCUT2D eigenvalue weighted by atomic mass is 79.9. The van der Waals surface area contributed by atoms with Crippen molar-refractivity contribution >= 4 is 15.9 Å². The highest BCUT2D eigenvalue weighted by Crippen LogP contribution is 2.37. The van der Waals surface area contributed by atoms with Crippen molar-refractivity contribution in [3.63, 3.8) is 0 Å². The number of likely N-dealkylation sites (tertiary alicyclic amines) is 1. The molecule has 0 bridgehead atoms. The van der Waals surface area contributed by atoms with Crippen LogP contribution in [-0.2, 0) is 6.54 Å². The van der Waals surface area contributed by atoms with E-state index in [9.17, 15) is 5.11 Å². The molecule has 0 amide bonds. The van der Waals surface area contributed by atoms with E-state index in [1.54, 1.807) is 6.07 Å². The molecule has 1 aromatic carbocycles. The van der Waals surface area contributed by atoms with Gasteiger partial charge < -0.3 is 9.63 Å². The Morgan fingerprint density at radius 1 is 1.43 bits per heavy atom. The van der Waals surface area contributed by atoms with Crippen molar-refractivity contribution < 1.29 is 9.63 Å². The number of aromatic hydroxyl groups is 1. The molecule has 4 nitrogen and oxygen atoms in total. The zero-order valence-corrected chi connectivity index (χ0v) is 13.9. The zero-order valence-electron chi connectivity index (χ0n) is 12.3. The number of hydrogen-bond donors (Lipinski definition) is 1. The van der Waals surface area contributed by atoms with Crippen LogP contribution in [0.25, 0.3) is 0 Å². The zero-order chi connectivity index (χ0) is 15.0. The number of hydrogen-bond acceptors (Lipinski definition) is 4. The van der Waals surface area contributed by atoms with Crippen molar-refractivity contribution in [2.24, 2.45) is 0 Å². The van der Waals surface area contributed by atoms with Crippen LogP contribution < -0.4 is 0 Å². The number of phenols is 1. The van der Waals surface area contributed by atoms with E-state index >= 15 is 0 Å². The molecule has 1 fully saturated rings. The minimum atomic E-state index is 0.328. The molecule has 1 aliphatic heterocycles. The fourth-order valence-corrected chi connectivity index (χ4v) is 3.62. The second kappa shape index (κ2) is 5.81. The van der Waals surface area contributed by atoms with Gasteiger partial charge in [-0.15, -0.1) is 0 Å². The third-order valence-corrected chi connectivity index (χ3v) is 4.69. The fraction of sp³-hybridized carbons (Fsp3) is 0.438. The Morgan fingerprint density at radius 2 is 2.24 bits per heavy atom. The third-order valence-electron chi connectivity index (χ3n) is 4.20. The highest BCUT2D eigenvalue weighted by Gasteiger charge is 2.31. The Balaban J connectivity index is 1.86. The lowest BCUT2D eigenvalue weighted by Gasteiger charge is -2.25. The Morgan fingerprint density at radius 3 is 2.95 bits per heavy atom. The average Bonchev–Trinajstić information content (AvgIpc) is 3.01. The van der Waals surface area contributed by atoms with Crippen molar-refractivity contribution in [3.05, 3.63) is 45.3 Å². The third kappa shape index (κ3) is 2.85. The molecule has 0 radical (unpaired) electrons. The Labute approximate surface area is 132 Å². The van der Waals surface area contributed by atoms with Gasteiger partial charge in [0.15, 0.2) is 0 Å². The number of aromatic nitrogens is 1. The van der Waals surface area contributed by atoms with E-state index < -0.39 is 0 Å². The number of phenolic OH excluding ortho intramolecular Hbond substituents is 1. The van der Waals surface area contributed by atoms with Crippen molar-refractivity contribution in [1.29, 1.82) is 0 Å². The van der Waals surface area contributed by atoms with E-state index in [-0.39, 0.29) is 0 Å². The molecule has 3 rings (SSSR count). The number of benzene rings is 1. The molecular formula is C16H19BrN2O2. The van der Waals surface area contributed by atoms with Crippen LogP contribution in [-0.4, -0.2) is 21.7 Å². The second-order valence-corrected chi connectivity index (χ2v) is 6.56. The molecular weight excluding hydrogens is 332 g/mol. The van der Waals surface area contributed by atoms with Gasteiger partial charge in [-0.25, -0.2) is 0 Å². The van der Waals surface area contributed by atoms with Gasteiger partial charge in [0.2, 0.25) is 0 Å². The van der Waals surface area contributed by atoms with Crippen LogP contribution in [0.5, 0.6) is 5.75 Å². The molecule has 2 aromatic rings. The molecule has 1 aromatic heterocycles. The van der Waals surface area contributed by atoms with Crippen LogP contribution >= 0.6 is 15.9 Å². The summed E-state index contributed by atoms with van der Waals surface area (Å²) in [5, 5.41) is 14.1. The molecule has 112 valence electrons. The molecule has 0 saturated carbocycles. The van der Waals surface area contributed by atoms with Gasteiger partial charge in [-0.3, -0.25) is 4.90 Å². The number of rotatable bonds is 3. The van der Waals surface area contributed by atoms with E-state index in [4.69, 9.17) is 4.52 Å². The smallest absolute Gasteiger partial charge is 0.138 e. The molecule has 21 heavy (non-hydrogen) atoms. The first-order valence-corrected chi connectivity index (χ1v) is 8.00. The number of halogens is 1. The number of aryl methyl sites for hydroxylation is 2. The predicted molar refractivity (Wildman–Crippen MR) is 84.2 cm³/mol. The minimum absolute atomic E-state index is 0.328. The maximum atomic E-state index is 10.0. The average molecular weight is 351 g/mol. The first-order valence-electron chi connectivity index (χ1n) is 7.20. The van der Waals surface area contributed by atoms with Crippen molar-refractivity contribution in [3.8, 4) is 5.75 Å². The van der Waals surface area contributed by atoms with Crippen LogP contribution in [0.3, 0.4) is 0 Å². The van der Waals surface area contributed by atoms with Gasteiger partial charge in [0.25, 0.3) is 0 Å². The molecule has 1 N–H and O–H groups in total. The lowest BCUT2D eigenvalue weighted by Crippen LogP contribution is -2.23. The largest absolute Gasteiger partial charge is 0.508 e. The van der Waals surface area contributed by atoms with E-state index in [1.807, 2.05) is 26.0 Å². The lowest BCUT2D eigenvalue weighted by atomic mass is 10.0. The van der Waals surface area contributed by atoms with Crippen LogP contribution in [0.15, 0.2) is 27.2 Å². The molecule has 0 aliphatic carbocycles. The van der Waals surface area contributed by atoms with Crippen LogP contribution in [0, 0.1) is 13.8 Å². The van der Waals surface area contributed by atoms with Crippen LogP contribution in [0.4, 0.5) is 0 Å². The molecule has 1 atom stereocenters. The normalized spacial score (nSPS) is 19.3. The van der Waals surface area contributed by atoms with E-state index in [2.05, 4.69) is 26.0 Å². The van der Waals surface area contributed by atoms with Gasteiger partial charge in [-0.1, -0.05) is 21.1 Å². The summed E-state index contributed by atoms with van der Waals surface area (Å²) in [4.78, 5) is 2.40. The van der Waals surface area contributed by atoms with Gasteiger partial charge in [0.05, 0.1) is 5.69 Å². The first kappa shape index (κ1) is 14.6. The summed E-state index contributed by atoms with van der Waals surface area (Å²) in [6, 6.07) is 5.90. The minimum Gasteiger partial charge on any atom is -0.508 e. The quantitative estimate of drug-likeness (QED) is 0.905. The van der Waals surface area contributed by atoms with Crippen molar-refractivity contribution in [2.75, 3.05) is 6.54 Å². The lowest BCUT2D eigenvalue weighted by molar-refractivity contribution is 0.242. The van der Waals surface area contributed by atoms with Gasteiger partial charge in [-0.2, -0.15) is 0 Å².